The van der Waals surface area contributed by atoms with E-state index in [0.29, 0.717) is 10.8 Å². The molecule has 3 N–H and O–H groups in total. The smallest absolute Gasteiger partial charge is 0.276 e. The predicted octanol–water partition coefficient (Wildman–Crippen LogP) is 3.89. The molecule has 6 nitrogen and oxygen atoms in total. The van der Waals surface area contributed by atoms with E-state index in [1.54, 1.807) is 30.3 Å². The van der Waals surface area contributed by atoms with Crippen LogP contribution in [0.2, 0.25) is 5.02 Å². The van der Waals surface area contributed by atoms with Gasteiger partial charge in [-0.2, -0.15) is 0 Å². The van der Waals surface area contributed by atoms with Crippen LogP contribution in [0.15, 0.2) is 48.5 Å². The molecule has 0 saturated heterocycles. The first kappa shape index (κ1) is 23.4. The molecule has 2 aromatic carbocycles. The topological polar surface area (TPSA) is 79.5 Å². The van der Waals surface area contributed by atoms with Crippen LogP contribution >= 0.6 is 23.8 Å². The molecule has 0 aliphatic carbocycles. The number of rotatable bonds is 6. The molecule has 0 fully saturated rings. The standard InChI is InChI=1S/C22H24ClN3O3S/c1-14(2)18-10-4-15(3)12-19(18)29-13-21(28)25-26-22(30)24-20(27)11-7-16-5-8-17(23)9-6-16/h4-12,14H,13H2,1-3H3,(H,25,28)(H2,24,26,27,30)/b11-7+. The molecule has 0 aliphatic heterocycles. The van der Waals surface area contributed by atoms with Crippen molar-refractivity contribution in [3.05, 3.63) is 70.3 Å². The Morgan fingerprint density at radius 1 is 1.13 bits per heavy atom. The fourth-order valence-electron chi connectivity index (χ4n) is 2.48. The minimum Gasteiger partial charge on any atom is -0.483 e. The number of carbonyl (C=O) groups excluding carboxylic acids is 2. The zero-order chi connectivity index (χ0) is 22.1. The summed E-state index contributed by atoms with van der Waals surface area (Å²) in [5.74, 6) is 0.0719. The van der Waals surface area contributed by atoms with Gasteiger partial charge in [0.1, 0.15) is 5.75 Å². The van der Waals surface area contributed by atoms with Crippen LogP contribution in [0.4, 0.5) is 0 Å². The minimum atomic E-state index is -0.436. The molecule has 0 spiro atoms. The molecular formula is C22H24ClN3O3S. The summed E-state index contributed by atoms with van der Waals surface area (Å²) in [5, 5.41) is 3.02. The molecule has 0 saturated carbocycles. The molecule has 30 heavy (non-hydrogen) atoms. The first-order valence-electron chi connectivity index (χ1n) is 9.31. The Kier molecular flexibility index (Phi) is 8.83. The summed E-state index contributed by atoms with van der Waals surface area (Å²) in [6.07, 6.45) is 2.95. The van der Waals surface area contributed by atoms with Crippen molar-refractivity contribution in [1.82, 2.24) is 16.2 Å². The van der Waals surface area contributed by atoms with E-state index in [2.05, 4.69) is 30.0 Å². The Hall–Kier alpha value is -2.90. The van der Waals surface area contributed by atoms with E-state index >= 15 is 0 Å². The SMILES string of the molecule is Cc1ccc(C(C)C)c(OCC(=O)NNC(=S)NC(=O)/C=C/c2ccc(Cl)cc2)c1. The van der Waals surface area contributed by atoms with E-state index in [-0.39, 0.29) is 17.6 Å². The van der Waals surface area contributed by atoms with E-state index in [0.717, 1.165) is 16.7 Å². The average Bonchev–Trinajstić information content (AvgIpc) is 2.70. The number of hydrogen-bond acceptors (Lipinski definition) is 4. The highest BCUT2D eigenvalue weighted by atomic mass is 35.5. The highest BCUT2D eigenvalue weighted by Gasteiger charge is 2.10. The van der Waals surface area contributed by atoms with Gasteiger partial charge in [0.2, 0.25) is 5.91 Å². The second kappa shape index (κ2) is 11.3. The van der Waals surface area contributed by atoms with Crippen molar-refractivity contribution in [3.63, 3.8) is 0 Å². The Morgan fingerprint density at radius 3 is 2.50 bits per heavy atom. The number of carbonyl (C=O) groups is 2. The maximum absolute atomic E-state index is 12.0. The summed E-state index contributed by atoms with van der Waals surface area (Å²) in [6.45, 7) is 5.88. The van der Waals surface area contributed by atoms with Gasteiger partial charge in [0.25, 0.3) is 5.91 Å². The van der Waals surface area contributed by atoms with Crippen LogP contribution in [-0.4, -0.2) is 23.5 Å². The number of amides is 2. The summed E-state index contributed by atoms with van der Waals surface area (Å²) in [6, 6.07) is 12.9. The molecule has 0 heterocycles. The van der Waals surface area contributed by atoms with Crippen molar-refractivity contribution >= 4 is 46.8 Å². The number of aryl methyl sites for hydroxylation is 1. The van der Waals surface area contributed by atoms with Crippen LogP contribution in [0.1, 0.15) is 36.5 Å². The Labute approximate surface area is 186 Å². The third kappa shape index (κ3) is 7.85. The second-order valence-corrected chi connectivity index (χ2v) is 7.71. The van der Waals surface area contributed by atoms with Crippen molar-refractivity contribution in [2.45, 2.75) is 26.7 Å². The first-order chi connectivity index (χ1) is 14.2. The quantitative estimate of drug-likeness (QED) is 0.357. The molecule has 0 aromatic heterocycles. The van der Waals surface area contributed by atoms with Crippen LogP contribution in [0.5, 0.6) is 5.75 Å². The molecule has 8 heteroatoms. The molecule has 0 bridgehead atoms. The van der Waals surface area contributed by atoms with Gasteiger partial charge in [-0.3, -0.25) is 25.8 Å². The number of ether oxygens (including phenoxy) is 1. The number of benzene rings is 2. The molecule has 0 unspecified atom stereocenters. The number of thiocarbonyl (C=S) groups is 1. The largest absolute Gasteiger partial charge is 0.483 e. The van der Waals surface area contributed by atoms with E-state index in [4.69, 9.17) is 28.6 Å². The number of nitrogens with one attached hydrogen (secondary N) is 3. The molecule has 0 radical (unpaired) electrons. The molecule has 0 atom stereocenters. The Bertz CT molecular complexity index is 943. The Balaban J connectivity index is 1.76. The summed E-state index contributed by atoms with van der Waals surface area (Å²) < 4.78 is 5.65. The predicted molar refractivity (Wildman–Crippen MR) is 123 cm³/mol. The van der Waals surface area contributed by atoms with Gasteiger partial charge < -0.3 is 4.74 Å². The normalized spacial score (nSPS) is 10.7. The van der Waals surface area contributed by atoms with E-state index < -0.39 is 11.8 Å². The lowest BCUT2D eigenvalue weighted by Crippen LogP contribution is -2.49. The van der Waals surface area contributed by atoms with Crippen molar-refractivity contribution in [1.29, 1.82) is 0 Å². The van der Waals surface area contributed by atoms with Crippen LogP contribution < -0.4 is 20.9 Å². The average molecular weight is 446 g/mol. The number of hydrogen-bond donors (Lipinski definition) is 3. The van der Waals surface area contributed by atoms with Crippen molar-refractivity contribution in [2.24, 2.45) is 0 Å². The fourth-order valence-corrected chi connectivity index (χ4v) is 2.76. The van der Waals surface area contributed by atoms with Gasteiger partial charge in [-0.1, -0.05) is 49.7 Å². The maximum Gasteiger partial charge on any atom is 0.276 e. The lowest BCUT2D eigenvalue weighted by Gasteiger charge is -2.15. The van der Waals surface area contributed by atoms with Crippen molar-refractivity contribution in [3.8, 4) is 5.75 Å². The zero-order valence-corrected chi connectivity index (χ0v) is 18.6. The maximum atomic E-state index is 12.0. The van der Waals surface area contributed by atoms with Crippen LogP contribution in [-0.2, 0) is 9.59 Å². The summed E-state index contributed by atoms with van der Waals surface area (Å²) in [7, 11) is 0. The summed E-state index contributed by atoms with van der Waals surface area (Å²) in [4.78, 5) is 23.9. The monoisotopic (exact) mass is 445 g/mol. The Morgan fingerprint density at radius 2 is 1.83 bits per heavy atom. The minimum absolute atomic E-state index is 0.0347. The van der Waals surface area contributed by atoms with E-state index in [1.807, 2.05) is 25.1 Å². The lowest BCUT2D eigenvalue weighted by atomic mass is 10.0. The molecule has 158 valence electrons. The molecular weight excluding hydrogens is 422 g/mol. The molecule has 2 aromatic rings. The van der Waals surface area contributed by atoms with Gasteiger partial charge in [0.15, 0.2) is 11.7 Å². The number of halogens is 1. The van der Waals surface area contributed by atoms with Crippen molar-refractivity contribution in [2.75, 3.05) is 6.61 Å². The van der Waals surface area contributed by atoms with Crippen LogP contribution in [0, 0.1) is 6.92 Å². The van der Waals surface area contributed by atoms with E-state index in [9.17, 15) is 9.59 Å². The molecule has 2 rings (SSSR count). The van der Waals surface area contributed by atoms with Gasteiger partial charge >= 0.3 is 0 Å². The highest BCUT2D eigenvalue weighted by molar-refractivity contribution is 7.80. The van der Waals surface area contributed by atoms with E-state index in [1.165, 1.54) is 6.08 Å². The summed E-state index contributed by atoms with van der Waals surface area (Å²) >= 11 is 10.8. The van der Waals surface area contributed by atoms with Gasteiger partial charge in [-0.15, -0.1) is 0 Å². The molecule has 2 amide bonds. The third-order valence-corrected chi connectivity index (χ3v) is 4.46. The van der Waals surface area contributed by atoms with Gasteiger partial charge in [-0.25, -0.2) is 0 Å². The van der Waals surface area contributed by atoms with Crippen molar-refractivity contribution < 1.29 is 14.3 Å². The molecule has 0 aliphatic rings. The van der Waals surface area contributed by atoms with Gasteiger partial charge in [0, 0.05) is 11.1 Å². The second-order valence-electron chi connectivity index (χ2n) is 6.86. The summed E-state index contributed by atoms with van der Waals surface area (Å²) in [5.41, 5.74) is 7.75. The van der Waals surface area contributed by atoms with Crippen LogP contribution in [0.25, 0.3) is 6.08 Å². The number of hydrazine groups is 1. The van der Waals surface area contributed by atoms with Gasteiger partial charge in [0.05, 0.1) is 0 Å². The third-order valence-electron chi connectivity index (χ3n) is 4.00. The van der Waals surface area contributed by atoms with Crippen LogP contribution in [0.3, 0.4) is 0 Å². The first-order valence-corrected chi connectivity index (χ1v) is 10.1. The van der Waals surface area contributed by atoms with Gasteiger partial charge in [-0.05, 0) is 66.0 Å². The fraction of sp³-hybridized carbons (Fsp3) is 0.227. The lowest BCUT2D eigenvalue weighted by molar-refractivity contribution is -0.123. The zero-order valence-electron chi connectivity index (χ0n) is 17.0. The highest BCUT2D eigenvalue weighted by Crippen LogP contribution is 2.27.